The van der Waals surface area contributed by atoms with Crippen LogP contribution in [-0.4, -0.2) is 28.8 Å². The molecule has 5 heteroatoms. The molecule has 116 valence electrons. The molecule has 0 bridgehead atoms. The van der Waals surface area contributed by atoms with Crippen LogP contribution in [0.5, 0.6) is 5.75 Å². The van der Waals surface area contributed by atoms with Crippen LogP contribution in [0.25, 0.3) is 0 Å². The number of hydrogen-bond acceptors (Lipinski definition) is 3. The van der Waals surface area contributed by atoms with Crippen molar-refractivity contribution >= 4 is 11.9 Å². The quantitative estimate of drug-likeness (QED) is 0.641. The van der Waals surface area contributed by atoms with Gasteiger partial charge in [-0.15, -0.1) is 0 Å². The second kappa shape index (κ2) is 9.00. The van der Waals surface area contributed by atoms with Crippen LogP contribution < -0.4 is 4.74 Å². The van der Waals surface area contributed by atoms with E-state index in [1.807, 2.05) is 0 Å². The summed E-state index contributed by atoms with van der Waals surface area (Å²) >= 11 is 0. The Bertz CT molecular complexity index is 449. The molecule has 0 heterocycles. The van der Waals surface area contributed by atoms with Gasteiger partial charge in [-0.1, -0.05) is 39.0 Å². The zero-order valence-electron chi connectivity index (χ0n) is 12.3. The molecular formula is C16H22O5. The molecular weight excluding hydrogens is 272 g/mol. The predicted molar refractivity (Wildman–Crippen MR) is 79.2 cm³/mol. The van der Waals surface area contributed by atoms with Crippen LogP contribution in [0.2, 0.25) is 0 Å². The van der Waals surface area contributed by atoms with E-state index in [-0.39, 0.29) is 11.1 Å². The highest BCUT2D eigenvalue weighted by Crippen LogP contribution is 2.18. The highest BCUT2D eigenvalue weighted by Gasteiger charge is 2.12. The SMILES string of the molecule is CCCCCCCCOc1cc(C(=O)O)cc(C(=O)O)c1. The Hall–Kier alpha value is -2.04. The minimum atomic E-state index is -1.16. The maximum Gasteiger partial charge on any atom is 0.335 e. The van der Waals surface area contributed by atoms with Crippen molar-refractivity contribution in [1.82, 2.24) is 0 Å². The second-order valence-corrected chi connectivity index (χ2v) is 4.97. The zero-order valence-corrected chi connectivity index (χ0v) is 12.3. The van der Waals surface area contributed by atoms with Gasteiger partial charge in [0.1, 0.15) is 5.75 Å². The first kappa shape index (κ1) is 17.0. The van der Waals surface area contributed by atoms with Crippen molar-refractivity contribution < 1.29 is 24.5 Å². The molecule has 1 aromatic rings. The Morgan fingerprint density at radius 3 is 1.95 bits per heavy atom. The van der Waals surface area contributed by atoms with Gasteiger partial charge in [0.05, 0.1) is 17.7 Å². The van der Waals surface area contributed by atoms with E-state index in [1.165, 1.54) is 31.4 Å². The molecule has 0 atom stereocenters. The topological polar surface area (TPSA) is 83.8 Å². The van der Waals surface area contributed by atoms with E-state index in [0.29, 0.717) is 12.4 Å². The lowest BCUT2D eigenvalue weighted by Gasteiger charge is -2.08. The van der Waals surface area contributed by atoms with Crippen LogP contribution in [0.3, 0.4) is 0 Å². The molecule has 1 aromatic carbocycles. The number of ether oxygens (including phenoxy) is 1. The van der Waals surface area contributed by atoms with Gasteiger partial charge >= 0.3 is 11.9 Å². The largest absolute Gasteiger partial charge is 0.494 e. The summed E-state index contributed by atoms with van der Waals surface area (Å²) in [5, 5.41) is 17.9. The van der Waals surface area contributed by atoms with E-state index in [1.54, 1.807) is 0 Å². The molecule has 0 aromatic heterocycles. The third-order valence-electron chi connectivity index (χ3n) is 3.17. The summed E-state index contributed by atoms with van der Waals surface area (Å²) in [5.74, 6) is -2.04. The highest BCUT2D eigenvalue weighted by molar-refractivity contribution is 5.94. The molecule has 0 radical (unpaired) electrons. The number of benzene rings is 1. The molecule has 0 saturated carbocycles. The summed E-state index contributed by atoms with van der Waals surface area (Å²) in [6, 6.07) is 3.83. The lowest BCUT2D eigenvalue weighted by atomic mass is 10.1. The first-order chi connectivity index (χ1) is 10.0. The monoisotopic (exact) mass is 294 g/mol. The molecule has 0 aliphatic heterocycles. The van der Waals surface area contributed by atoms with E-state index in [2.05, 4.69) is 6.92 Å². The molecule has 2 N–H and O–H groups in total. The van der Waals surface area contributed by atoms with Gasteiger partial charge in [-0.05, 0) is 24.6 Å². The summed E-state index contributed by atoms with van der Waals surface area (Å²) < 4.78 is 5.47. The molecule has 0 aliphatic carbocycles. The fraction of sp³-hybridized carbons (Fsp3) is 0.500. The van der Waals surface area contributed by atoms with E-state index < -0.39 is 11.9 Å². The molecule has 0 amide bonds. The summed E-state index contributed by atoms with van der Waals surface area (Å²) in [7, 11) is 0. The Labute approximate surface area is 124 Å². The average Bonchev–Trinajstić information content (AvgIpc) is 2.46. The van der Waals surface area contributed by atoms with Gasteiger partial charge < -0.3 is 14.9 Å². The fourth-order valence-corrected chi connectivity index (χ4v) is 2.00. The van der Waals surface area contributed by atoms with Crippen molar-refractivity contribution in [1.29, 1.82) is 0 Å². The van der Waals surface area contributed by atoms with E-state index >= 15 is 0 Å². The molecule has 0 unspecified atom stereocenters. The minimum absolute atomic E-state index is 0.0761. The first-order valence-electron chi connectivity index (χ1n) is 7.29. The van der Waals surface area contributed by atoms with Crippen LogP contribution in [0.1, 0.15) is 66.2 Å². The van der Waals surface area contributed by atoms with E-state index in [4.69, 9.17) is 14.9 Å². The molecule has 0 spiro atoms. The Morgan fingerprint density at radius 2 is 1.43 bits per heavy atom. The summed E-state index contributed by atoms with van der Waals surface area (Å²) in [6.07, 6.45) is 6.76. The summed E-state index contributed by atoms with van der Waals surface area (Å²) in [5.41, 5.74) is -0.152. The van der Waals surface area contributed by atoms with Gasteiger partial charge in [0.15, 0.2) is 0 Å². The highest BCUT2D eigenvalue weighted by atomic mass is 16.5. The second-order valence-electron chi connectivity index (χ2n) is 4.97. The zero-order chi connectivity index (χ0) is 15.7. The van der Waals surface area contributed by atoms with Crippen LogP contribution >= 0.6 is 0 Å². The predicted octanol–water partition coefficient (Wildman–Crippen LogP) is 3.82. The van der Waals surface area contributed by atoms with Crippen molar-refractivity contribution in [2.75, 3.05) is 6.61 Å². The molecule has 1 rings (SSSR count). The molecule has 0 aliphatic rings. The first-order valence-corrected chi connectivity index (χ1v) is 7.29. The van der Waals surface area contributed by atoms with Crippen molar-refractivity contribution in [2.24, 2.45) is 0 Å². The summed E-state index contributed by atoms with van der Waals surface area (Å²) in [4.78, 5) is 21.9. The average molecular weight is 294 g/mol. The van der Waals surface area contributed by atoms with Gasteiger partial charge in [-0.25, -0.2) is 9.59 Å². The van der Waals surface area contributed by atoms with Gasteiger partial charge in [0.2, 0.25) is 0 Å². The number of unbranched alkanes of at least 4 members (excludes halogenated alkanes) is 5. The van der Waals surface area contributed by atoms with Gasteiger partial charge in [-0.3, -0.25) is 0 Å². The Balaban J connectivity index is 2.50. The number of carboxylic acid groups (broad SMARTS) is 2. The number of carbonyl (C=O) groups is 2. The smallest absolute Gasteiger partial charge is 0.335 e. The lowest BCUT2D eigenvalue weighted by Crippen LogP contribution is -2.05. The van der Waals surface area contributed by atoms with Crippen molar-refractivity contribution in [2.45, 2.75) is 45.4 Å². The van der Waals surface area contributed by atoms with Crippen molar-refractivity contribution in [3.63, 3.8) is 0 Å². The Morgan fingerprint density at radius 1 is 0.905 bits per heavy atom. The van der Waals surface area contributed by atoms with Crippen LogP contribution in [0.15, 0.2) is 18.2 Å². The Kier molecular flexibility index (Phi) is 7.29. The van der Waals surface area contributed by atoms with Gasteiger partial charge in [-0.2, -0.15) is 0 Å². The molecule has 0 fully saturated rings. The minimum Gasteiger partial charge on any atom is -0.494 e. The van der Waals surface area contributed by atoms with E-state index in [0.717, 1.165) is 25.3 Å². The summed E-state index contributed by atoms with van der Waals surface area (Å²) in [6.45, 7) is 2.63. The van der Waals surface area contributed by atoms with Gasteiger partial charge in [0, 0.05) is 0 Å². The van der Waals surface area contributed by atoms with E-state index in [9.17, 15) is 9.59 Å². The maximum absolute atomic E-state index is 11.0. The normalized spacial score (nSPS) is 10.3. The van der Waals surface area contributed by atoms with Crippen molar-refractivity contribution in [3.05, 3.63) is 29.3 Å². The number of hydrogen-bond donors (Lipinski definition) is 2. The van der Waals surface area contributed by atoms with Crippen LogP contribution in [-0.2, 0) is 0 Å². The number of aromatic carboxylic acids is 2. The van der Waals surface area contributed by atoms with Gasteiger partial charge in [0.25, 0.3) is 0 Å². The standard InChI is InChI=1S/C16H22O5/c1-2-3-4-5-6-7-8-21-14-10-12(15(17)18)9-13(11-14)16(19)20/h9-11H,2-8H2,1H3,(H,17,18)(H,19,20). The molecule has 5 nitrogen and oxygen atoms in total. The third-order valence-corrected chi connectivity index (χ3v) is 3.17. The molecule has 21 heavy (non-hydrogen) atoms. The number of carboxylic acids is 2. The fourth-order valence-electron chi connectivity index (χ4n) is 2.00. The van der Waals surface area contributed by atoms with Crippen LogP contribution in [0.4, 0.5) is 0 Å². The number of rotatable bonds is 10. The van der Waals surface area contributed by atoms with Crippen molar-refractivity contribution in [3.8, 4) is 5.75 Å². The maximum atomic E-state index is 11.0. The molecule has 0 saturated heterocycles. The third kappa shape index (κ3) is 6.29. The van der Waals surface area contributed by atoms with Crippen LogP contribution in [0, 0.1) is 0 Å². The lowest BCUT2D eigenvalue weighted by molar-refractivity contribution is 0.0696.